The Morgan fingerprint density at radius 2 is 1.79 bits per heavy atom. The number of piperazine rings is 1. The first-order chi connectivity index (χ1) is 9.22. The van der Waals surface area contributed by atoms with E-state index in [2.05, 4.69) is 29.1 Å². The summed E-state index contributed by atoms with van der Waals surface area (Å²) in [6.45, 7) is 6.80. The van der Waals surface area contributed by atoms with Gasteiger partial charge in [-0.15, -0.1) is 0 Å². The second-order valence-corrected chi connectivity index (χ2v) is 6.06. The van der Waals surface area contributed by atoms with Gasteiger partial charge in [-0.3, -0.25) is 4.79 Å². The van der Waals surface area contributed by atoms with E-state index in [0.717, 1.165) is 32.7 Å². The zero-order chi connectivity index (χ0) is 13.7. The normalized spacial score (nSPS) is 24.4. The van der Waals surface area contributed by atoms with Crippen molar-refractivity contribution < 1.29 is 4.79 Å². The smallest absolute Gasteiger partial charge is 0.240 e. The summed E-state index contributed by atoms with van der Waals surface area (Å²) in [5.74, 6) is 0.905. The summed E-state index contributed by atoms with van der Waals surface area (Å²) < 4.78 is 0. The quantitative estimate of drug-likeness (QED) is 0.834. The number of amides is 1. The molecule has 2 fully saturated rings. The van der Waals surface area contributed by atoms with Crippen LogP contribution >= 0.6 is 0 Å². The van der Waals surface area contributed by atoms with Crippen molar-refractivity contribution in [2.24, 2.45) is 5.92 Å². The molecule has 1 heterocycles. The largest absolute Gasteiger partial charge is 0.339 e. The van der Waals surface area contributed by atoms with Crippen molar-refractivity contribution in [2.75, 3.05) is 39.8 Å². The van der Waals surface area contributed by atoms with Crippen LogP contribution in [0.2, 0.25) is 0 Å². The van der Waals surface area contributed by atoms with Crippen LogP contribution in [0.5, 0.6) is 0 Å². The topological polar surface area (TPSA) is 35.6 Å². The highest BCUT2D eigenvalue weighted by molar-refractivity contribution is 5.82. The van der Waals surface area contributed by atoms with Crippen molar-refractivity contribution in [1.29, 1.82) is 0 Å². The van der Waals surface area contributed by atoms with E-state index in [1.165, 1.54) is 32.1 Å². The van der Waals surface area contributed by atoms with Crippen molar-refractivity contribution in [3.05, 3.63) is 0 Å². The zero-order valence-electron chi connectivity index (χ0n) is 12.5. The van der Waals surface area contributed by atoms with E-state index in [1.54, 1.807) is 0 Å². The highest BCUT2D eigenvalue weighted by Crippen LogP contribution is 2.27. The lowest BCUT2D eigenvalue weighted by Crippen LogP contribution is -2.55. The third kappa shape index (κ3) is 3.93. The standard InChI is InChI=1S/C15H29N3O/c1-3-16-14(13-7-5-4-6-8-13)15(19)18-11-9-17(2)10-12-18/h13-14,16H,3-12H2,1-2H3/t14-/m0/s1. The van der Waals surface area contributed by atoms with Crippen LogP contribution in [0, 0.1) is 5.92 Å². The molecule has 0 aromatic heterocycles. The molecule has 2 rings (SSSR count). The highest BCUT2D eigenvalue weighted by Gasteiger charge is 2.32. The second kappa shape index (κ2) is 7.25. The van der Waals surface area contributed by atoms with Gasteiger partial charge in [-0.2, -0.15) is 0 Å². The maximum absolute atomic E-state index is 12.7. The molecule has 0 spiro atoms. The minimum Gasteiger partial charge on any atom is -0.339 e. The minimum atomic E-state index is 0.0636. The minimum absolute atomic E-state index is 0.0636. The molecule has 0 aromatic rings. The molecule has 0 radical (unpaired) electrons. The summed E-state index contributed by atoms with van der Waals surface area (Å²) in [5.41, 5.74) is 0. The number of carbonyl (C=O) groups is 1. The van der Waals surface area contributed by atoms with Gasteiger partial charge in [0.15, 0.2) is 0 Å². The fourth-order valence-electron chi connectivity index (χ4n) is 3.37. The van der Waals surface area contributed by atoms with Crippen LogP contribution < -0.4 is 5.32 Å². The summed E-state index contributed by atoms with van der Waals surface area (Å²) in [7, 11) is 2.13. The highest BCUT2D eigenvalue weighted by atomic mass is 16.2. The third-order valence-electron chi connectivity index (χ3n) is 4.63. The monoisotopic (exact) mass is 267 g/mol. The molecule has 0 bridgehead atoms. The second-order valence-electron chi connectivity index (χ2n) is 6.06. The molecule has 2 aliphatic rings. The summed E-state index contributed by atoms with van der Waals surface area (Å²) in [6, 6.07) is 0.0636. The third-order valence-corrected chi connectivity index (χ3v) is 4.63. The molecule has 0 aromatic carbocycles. The lowest BCUT2D eigenvalue weighted by atomic mass is 9.83. The van der Waals surface area contributed by atoms with Gasteiger partial charge in [0, 0.05) is 26.2 Å². The Morgan fingerprint density at radius 3 is 2.37 bits per heavy atom. The van der Waals surface area contributed by atoms with Gasteiger partial charge in [-0.1, -0.05) is 26.2 Å². The molecule has 1 saturated heterocycles. The molecule has 19 heavy (non-hydrogen) atoms. The molecule has 4 nitrogen and oxygen atoms in total. The van der Waals surface area contributed by atoms with Gasteiger partial charge >= 0.3 is 0 Å². The van der Waals surface area contributed by atoms with Crippen molar-refractivity contribution in [3.8, 4) is 0 Å². The van der Waals surface area contributed by atoms with E-state index in [1.807, 2.05) is 0 Å². The maximum atomic E-state index is 12.7. The fraction of sp³-hybridized carbons (Fsp3) is 0.933. The SMILES string of the molecule is CCN[C@H](C(=O)N1CCN(C)CC1)C1CCCCC1. The van der Waals surface area contributed by atoms with E-state index >= 15 is 0 Å². The van der Waals surface area contributed by atoms with Crippen LogP contribution in [0.3, 0.4) is 0 Å². The first-order valence-electron chi connectivity index (χ1n) is 7.93. The van der Waals surface area contributed by atoms with Crippen LogP contribution in [0.25, 0.3) is 0 Å². The molecule has 110 valence electrons. The number of hydrogen-bond donors (Lipinski definition) is 1. The molecule has 4 heteroatoms. The van der Waals surface area contributed by atoms with Gasteiger partial charge in [0.2, 0.25) is 5.91 Å². The van der Waals surface area contributed by atoms with Crippen molar-refractivity contribution in [2.45, 2.75) is 45.1 Å². The predicted octanol–water partition coefficient (Wildman–Crippen LogP) is 1.32. The molecule has 1 aliphatic heterocycles. The van der Waals surface area contributed by atoms with Crippen LogP contribution in [-0.4, -0.2) is 61.5 Å². The predicted molar refractivity (Wildman–Crippen MR) is 78.1 cm³/mol. The van der Waals surface area contributed by atoms with E-state index < -0.39 is 0 Å². The number of nitrogens with one attached hydrogen (secondary N) is 1. The van der Waals surface area contributed by atoms with Gasteiger partial charge in [-0.25, -0.2) is 0 Å². The molecule has 1 amide bonds. The van der Waals surface area contributed by atoms with Gasteiger partial charge in [0.25, 0.3) is 0 Å². The van der Waals surface area contributed by atoms with Gasteiger partial charge in [0.1, 0.15) is 0 Å². The summed E-state index contributed by atoms with van der Waals surface area (Å²) in [6.07, 6.45) is 6.37. The molecule has 1 N–H and O–H groups in total. The summed E-state index contributed by atoms with van der Waals surface area (Å²) in [5, 5.41) is 3.46. The Balaban J connectivity index is 1.95. The Hall–Kier alpha value is -0.610. The number of rotatable bonds is 4. The fourth-order valence-corrected chi connectivity index (χ4v) is 3.37. The average molecular weight is 267 g/mol. The van der Waals surface area contributed by atoms with Crippen molar-refractivity contribution in [1.82, 2.24) is 15.1 Å². The van der Waals surface area contributed by atoms with Crippen molar-refractivity contribution in [3.63, 3.8) is 0 Å². The molecule has 0 unspecified atom stereocenters. The van der Waals surface area contributed by atoms with E-state index in [0.29, 0.717) is 11.8 Å². The number of nitrogens with zero attached hydrogens (tertiary/aromatic N) is 2. The lowest BCUT2D eigenvalue weighted by Gasteiger charge is -2.37. The first kappa shape index (κ1) is 14.8. The number of likely N-dealkylation sites (N-methyl/N-ethyl adjacent to an activating group) is 2. The average Bonchev–Trinajstić information content (AvgIpc) is 2.46. The van der Waals surface area contributed by atoms with Gasteiger partial charge in [0.05, 0.1) is 6.04 Å². The molecular formula is C15H29N3O. The van der Waals surface area contributed by atoms with Crippen LogP contribution in [0.1, 0.15) is 39.0 Å². The van der Waals surface area contributed by atoms with Crippen LogP contribution in [-0.2, 0) is 4.79 Å². The number of carbonyl (C=O) groups excluding carboxylic acids is 1. The van der Waals surface area contributed by atoms with Gasteiger partial charge in [-0.05, 0) is 32.4 Å². The molecular weight excluding hydrogens is 238 g/mol. The summed E-state index contributed by atoms with van der Waals surface area (Å²) in [4.78, 5) is 17.1. The van der Waals surface area contributed by atoms with Crippen LogP contribution in [0.4, 0.5) is 0 Å². The van der Waals surface area contributed by atoms with E-state index in [-0.39, 0.29) is 6.04 Å². The van der Waals surface area contributed by atoms with Crippen molar-refractivity contribution >= 4 is 5.91 Å². The first-order valence-corrected chi connectivity index (χ1v) is 7.93. The Bertz CT molecular complexity index is 281. The summed E-state index contributed by atoms with van der Waals surface area (Å²) >= 11 is 0. The molecule has 1 atom stereocenters. The van der Waals surface area contributed by atoms with Crippen LogP contribution in [0.15, 0.2) is 0 Å². The Morgan fingerprint density at radius 1 is 1.16 bits per heavy atom. The van der Waals surface area contributed by atoms with E-state index in [4.69, 9.17) is 0 Å². The molecule has 1 saturated carbocycles. The zero-order valence-corrected chi connectivity index (χ0v) is 12.5. The lowest BCUT2D eigenvalue weighted by molar-refractivity contribution is -0.136. The number of hydrogen-bond acceptors (Lipinski definition) is 3. The van der Waals surface area contributed by atoms with Gasteiger partial charge < -0.3 is 15.1 Å². The maximum Gasteiger partial charge on any atom is 0.240 e. The van der Waals surface area contributed by atoms with E-state index in [9.17, 15) is 4.79 Å². The Labute approximate surface area is 117 Å². The Kier molecular flexibility index (Phi) is 5.64. The molecule has 1 aliphatic carbocycles.